The van der Waals surface area contributed by atoms with Crippen molar-refractivity contribution in [2.45, 2.75) is 6.92 Å². The average molecular weight is 365 g/mol. The molecule has 24 heavy (non-hydrogen) atoms. The first-order valence-electron chi connectivity index (χ1n) is 6.98. The van der Waals surface area contributed by atoms with Gasteiger partial charge in [0.25, 0.3) is 0 Å². The summed E-state index contributed by atoms with van der Waals surface area (Å²) in [6, 6.07) is 9.00. The molecule has 6 nitrogen and oxygen atoms in total. The van der Waals surface area contributed by atoms with Gasteiger partial charge in [-0.25, -0.2) is 14.3 Å². The molecule has 3 rings (SSSR count). The number of nitrogens with zero attached hydrogens (tertiary/aromatic N) is 2. The maximum atomic E-state index is 12.1. The van der Waals surface area contributed by atoms with Crippen molar-refractivity contribution in [2.75, 3.05) is 13.7 Å². The van der Waals surface area contributed by atoms with Gasteiger partial charge in [0, 0.05) is 10.4 Å². The molecule has 1 aromatic carbocycles. The quantitative estimate of drug-likeness (QED) is 0.664. The standard InChI is InChI=1S/C16H13ClN2O4S/c1-9-12-7-13(16(21)23-8-14(20)22-2)24-15(12)19(18-9)11-5-3-4-10(17)6-11/h3-7H,8H2,1-2H3. The summed E-state index contributed by atoms with van der Waals surface area (Å²) in [6.45, 7) is 1.45. The smallest absolute Gasteiger partial charge is 0.348 e. The van der Waals surface area contributed by atoms with E-state index in [1.54, 1.807) is 22.9 Å². The number of benzene rings is 1. The van der Waals surface area contributed by atoms with Crippen molar-refractivity contribution in [3.63, 3.8) is 0 Å². The number of halogens is 1. The normalized spacial score (nSPS) is 10.8. The molecule has 0 aliphatic heterocycles. The van der Waals surface area contributed by atoms with Crippen molar-refractivity contribution in [3.05, 3.63) is 45.9 Å². The highest BCUT2D eigenvalue weighted by Gasteiger charge is 2.19. The van der Waals surface area contributed by atoms with E-state index < -0.39 is 18.5 Å². The highest BCUT2D eigenvalue weighted by molar-refractivity contribution is 7.20. The lowest BCUT2D eigenvalue weighted by Gasteiger charge is -2.03. The van der Waals surface area contributed by atoms with Gasteiger partial charge in [-0.15, -0.1) is 11.3 Å². The number of hydrogen-bond donors (Lipinski definition) is 0. The number of rotatable bonds is 4. The summed E-state index contributed by atoms with van der Waals surface area (Å²) in [5.74, 6) is -1.18. The minimum atomic E-state index is -0.606. The molecule has 3 aromatic rings. The molecular weight excluding hydrogens is 352 g/mol. The van der Waals surface area contributed by atoms with E-state index in [0.29, 0.717) is 9.90 Å². The number of thiophene rings is 1. The second-order valence-corrected chi connectivity index (χ2v) is 6.43. The van der Waals surface area contributed by atoms with E-state index in [1.807, 2.05) is 19.1 Å². The number of ether oxygens (including phenoxy) is 2. The van der Waals surface area contributed by atoms with Crippen LogP contribution in [0.1, 0.15) is 15.4 Å². The Morgan fingerprint density at radius 1 is 1.33 bits per heavy atom. The average Bonchev–Trinajstić information content (AvgIpc) is 3.13. The van der Waals surface area contributed by atoms with Crippen LogP contribution >= 0.6 is 22.9 Å². The molecule has 0 atom stereocenters. The lowest BCUT2D eigenvalue weighted by Crippen LogP contribution is -2.14. The third kappa shape index (κ3) is 3.13. The third-order valence-electron chi connectivity index (χ3n) is 3.35. The van der Waals surface area contributed by atoms with Crippen LogP contribution < -0.4 is 0 Å². The van der Waals surface area contributed by atoms with Gasteiger partial charge in [-0.05, 0) is 31.2 Å². The summed E-state index contributed by atoms with van der Waals surface area (Å²) in [4.78, 5) is 24.3. The van der Waals surface area contributed by atoms with Gasteiger partial charge in [0.05, 0.1) is 18.5 Å². The molecule has 0 bridgehead atoms. The second-order valence-electron chi connectivity index (χ2n) is 4.96. The van der Waals surface area contributed by atoms with Crippen molar-refractivity contribution in [3.8, 4) is 5.69 Å². The molecule has 0 radical (unpaired) electrons. The summed E-state index contributed by atoms with van der Waals surface area (Å²) >= 11 is 7.28. The predicted octanol–water partition coefficient (Wildman–Crippen LogP) is 3.38. The Labute approximate surface area is 146 Å². The lowest BCUT2D eigenvalue weighted by atomic mass is 10.3. The van der Waals surface area contributed by atoms with Gasteiger partial charge in [0.1, 0.15) is 9.71 Å². The molecule has 0 aliphatic rings. The zero-order valence-corrected chi connectivity index (χ0v) is 14.5. The SMILES string of the molecule is COC(=O)COC(=O)c1cc2c(C)nn(-c3cccc(Cl)c3)c2s1. The third-order valence-corrected chi connectivity index (χ3v) is 4.67. The summed E-state index contributed by atoms with van der Waals surface area (Å²) in [6.07, 6.45) is 0. The van der Waals surface area contributed by atoms with Gasteiger partial charge in [-0.2, -0.15) is 5.10 Å². The molecule has 0 N–H and O–H groups in total. The molecule has 0 amide bonds. The van der Waals surface area contributed by atoms with Crippen molar-refractivity contribution < 1.29 is 19.1 Å². The van der Waals surface area contributed by atoms with Crippen molar-refractivity contribution in [1.82, 2.24) is 9.78 Å². The van der Waals surface area contributed by atoms with Gasteiger partial charge >= 0.3 is 11.9 Å². The minimum Gasteiger partial charge on any atom is -0.466 e. The Balaban J connectivity index is 1.95. The van der Waals surface area contributed by atoms with Crippen molar-refractivity contribution >= 4 is 45.1 Å². The van der Waals surface area contributed by atoms with E-state index in [0.717, 1.165) is 21.6 Å². The first-order valence-corrected chi connectivity index (χ1v) is 8.18. The molecule has 0 fully saturated rings. The van der Waals surface area contributed by atoms with E-state index in [2.05, 4.69) is 9.84 Å². The fourth-order valence-corrected chi connectivity index (χ4v) is 3.45. The summed E-state index contributed by atoms with van der Waals surface area (Å²) in [7, 11) is 1.23. The number of methoxy groups -OCH3 is 1. The summed E-state index contributed by atoms with van der Waals surface area (Å²) in [5, 5.41) is 5.94. The van der Waals surface area contributed by atoms with Crippen molar-refractivity contribution in [1.29, 1.82) is 0 Å². The van der Waals surface area contributed by atoms with Crippen molar-refractivity contribution in [2.24, 2.45) is 0 Å². The zero-order valence-electron chi connectivity index (χ0n) is 12.9. The van der Waals surface area contributed by atoms with Crippen LogP contribution in [0.5, 0.6) is 0 Å². The predicted molar refractivity (Wildman–Crippen MR) is 91.0 cm³/mol. The summed E-state index contributed by atoms with van der Waals surface area (Å²) in [5.41, 5.74) is 1.59. The van der Waals surface area contributed by atoms with Crippen LogP contribution in [0.4, 0.5) is 0 Å². The van der Waals surface area contributed by atoms with Crippen LogP contribution in [0.2, 0.25) is 5.02 Å². The fraction of sp³-hybridized carbons (Fsp3) is 0.188. The molecule has 0 saturated heterocycles. The van der Waals surface area contributed by atoms with Crippen LogP contribution in [0.25, 0.3) is 15.9 Å². The van der Waals surface area contributed by atoms with Gasteiger partial charge in [0.15, 0.2) is 6.61 Å². The van der Waals surface area contributed by atoms with Crippen LogP contribution in [0.3, 0.4) is 0 Å². The summed E-state index contributed by atoms with van der Waals surface area (Å²) < 4.78 is 11.1. The maximum Gasteiger partial charge on any atom is 0.348 e. The molecule has 0 spiro atoms. The highest BCUT2D eigenvalue weighted by Crippen LogP contribution is 2.31. The highest BCUT2D eigenvalue weighted by atomic mass is 35.5. The number of aromatic nitrogens is 2. The van der Waals surface area contributed by atoms with E-state index >= 15 is 0 Å². The molecular formula is C16H13ClN2O4S. The molecule has 0 aliphatic carbocycles. The first kappa shape index (κ1) is 16.5. The Bertz CT molecular complexity index is 931. The van der Waals surface area contributed by atoms with Gasteiger partial charge in [0.2, 0.25) is 0 Å². The Morgan fingerprint density at radius 3 is 2.83 bits per heavy atom. The topological polar surface area (TPSA) is 70.4 Å². The molecule has 0 unspecified atom stereocenters. The maximum absolute atomic E-state index is 12.1. The number of fused-ring (bicyclic) bond motifs is 1. The number of carbonyl (C=O) groups excluding carboxylic acids is 2. The lowest BCUT2D eigenvalue weighted by molar-refractivity contribution is -0.144. The molecule has 8 heteroatoms. The van der Waals surface area contributed by atoms with Gasteiger partial charge in [-0.1, -0.05) is 17.7 Å². The van der Waals surface area contributed by atoms with E-state index in [1.165, 1.54) is 18.4 Å². The van der Waals surface area contributed by atoms with Crippen LogP contribution in [-0.2, 0) is 14.3 Å². The van der Waals surface area contributed by atoms with E-state index in [4.69, 9.17) is 16.3 Å². The number of hydrogen-bond acceptors (Lipinski definition) is 6. The molecule has 2 heterocycles. The van der Waals surface area contributed by atoms with Gasteiger partial charge in [-0.3, -0.25) is 0 Å². The molecule has 0 saturated carbocycles. The Morgan fingerprint density at radius 2 is 2.12 bits per heavy atom. The number of esters is 2. The van der Waals surface area contributed by atoms with Gasteiger partial charge < -0.3 is 9.47 Å². The monoisotopic (exact) mass is 364 g/mol. The molecule has 124 valence electrons. The number of aryl methyl sites for hydroxylation is 1. The second kappa shape index (κ2) is 6.62. The first-order chi connectivity index (χ1) is 11.5. The van der Waals surface area contributed by atoms with Crippen LogP contribution in [0.15, 0.2) is 30.3 Å². The fourth-order valence-electron chi connectivity index (χ4n) is 2.19. The largest absolute Gasteiger partial charge is 0.466 e. The Hall–Kier alpha value is -2.38. The van der Waals surface area contributed by atoms with Crippen LogP contribution in [-0.4, -0.2) is 35.4 Å². The van der Waals surface area contributed by atoms with E-state index in [-0.39, 0.29) is 0 Å². The Kier molecular flexibility index (Phi) is 4.55. The zero-order chi connectivity index (χ0) is 17.3. The van der Waals surface area contributed by atoms with Crippen LogP contribution in [0, 0.1) is 6.92 Å². The van der Waals surface area contributed by atoms with E-state index in [9.17, 15) is 9.59 Å². The minimum absolute atomic E-state index is 0.394. The molecule has 2 aromatic heterocycles. The number of carbonyl (C=O) groups is 2.